The molecule has 0 unspecified atom stereocenters. The Morgan fingerprint density at radius 1 is 1.03 bits per heavy atom. The van der Waals surface area contributed by atoms with E-state index in [0.717, 1.165) is 28.1 Å². The summed E-state index contributed by atoms with van der Waals surface area (Å²) in [7, 11) is 0. The van der Waals surface area contributed by atoms with E-state index in [1.807, 2.05) is 79.2 Å². The normalized spacial score (nSPS) is 10.8. The van der Waals surface area contributed by atoms with Crippen LogP contribution in [0.1, 0.15) is 23.9 Å². The van der Waals surface area contributed by atoms with Crippen LogP contribution >= 0.6 is 23.1 Å². The number of amides is 2. The quantitative estimate of drug-likeness (QED) is 0.272. The maximum Gasteiger partial charge on any atom is 0.258 e. The highest BCUT2D eigenvalue weighted by Gasteiger charge is 2.15. The van der Waals surface area contributed by atoms with Gasteiger partial charge in [0.2, 0.25) is 5.91 Å². The minimum absolute atomic E-state index is 0.0868. The Labute approximate surface area is 223 Å². The maximum atomic E-state index is 12.5. The second-order valence-corrected chi connectivity index (χ2v) is 9.97. The van der Waals surface area contributed by atoms with Crippen LogP contribution in [0.15, 0.2) is 59.1 Å². The van der Waals surface area contributed by atoms with Gasteiger partial charge in [0.1, 0.15) is 5.75 Å². The number of benzene rings is 2. The molecule has 0 aliphatic carbocycles. The van der Waals surface area contributed by atoms with E-state index in [4.69, 9.17) is 4.74 Å². The molecular formula is C26H28N6O3S2. The van der Waals surface area contributed by atoms with Crippen LogP contribution in [0, 0.1) is 13.8 Å². The van der Waals surface area contributed by atoms with Crippen molar-refractivity contribution in [2.24, 2.45) is 0 Å². The number of anilines is 1. The SMILES string of the molecule is CCn1c(CNC(=O)COc2c(C)cccc2C)nnc1SCC(=O)Nc1nc(-c2ccccc2)cs1. The predicted octanol–water partition coefficient (Wildman–Crippen LogP) is 4.46. The molecule has 9 nitrogen and oxygen atoms in total. The predicted molar refractivity (Wildman–Crippen MR) is 146 cm³/mol. The standard InChI is InChI=1S/C26H28N6O3S2/c1-4-32-21(13-27-22(33)14-35-24-17(2)9-8-10-18(24)3)30-31-26(32)37-16-23(34)29-25-28-20(15-36-25)19-11-6-5-7-12-19/h5-12,15H,4,13-14,16H2,1-3H3,(H,27,33)(H,28,29,34). The molecule has 0 aliphatic rings. The average molecular weight is 537 g/mol. The number of aromatic nitrogens is 4. The van der Waals surface area contributed by atoms with Crippen LogP contribution in [0.3, 0.4) is 0 Å². The summed E-state index contributed by atoms with van der Waals surface area (Å²) < 4.78 is 7.59. The molecule has 2 aromatic heterocycles. The number of aryl methyl sites for hydroxylation is 2. The lowest BCUT2D eigenvalue weighted by molar-refractivity contribution is -0.123. The Hall–Kier alpha value is -3.70. The molecule has 0 saturated heterocycles. The van der Waals surface area contributed by atoms with E-state index >= 15 is 0 Å². The second-order valence-electron chi connectivity index (χ2n) is 8.17. The summed E-state index contributed by atoms with van der Waals surface area (Å²) in [6.45, 7) is 6.59. The third kappa shape index (κ3) is 6.95. The molecule has 2 aromatic carbocycles. The number of carbonyl (C=O) groups excluding carboxylic acids is 2. The highest BCUT2D eigenvalue weighted by molar-refractivity contribution is 7.99. The van der Waals surface area contributed by atoms with Gasteiger partial charge in [-0.25, -0.2) is 4.98 Å². The van der Waals surface area contributed by atoms with Gasteiger partial charge in [0.25, 0.3) is 5.91 Å². The summed E-state index contributed by atoms with van der Waals surface area (Å²) >= 11 is 2.67. The number of nitrogens with one attached hydrogen (secondary N) is 2. The number of thiazole rings is 1. The Kier molecular flexibility index (Phi) is 8.91. The molecule has 0 spiro atoms. The van der Waals surface area contributed by atoms with Gasteiger partial charge in [0, 0.05) is 17.5 Å². The summed E-state index contributed by atoms with van der Waals surface area (Å²) in [5.41, 5.74) is 3.79. The van der Waals surface area contributed by atoms with E-state index in [1.54, 1.807) is 0 Å². The van der Waals surface area contributed by atoms with E-state index in [1.165, 1.54) is 23.1 Å². The van der Waals surface area contributed by atoms with Crippen LogP contribution in [0.4, 0.5) is 5.13 Å². The van der Waals surface area contributed by atoms with Crippen LogP contribution in [-0.4, -0.2) is 43.9 Å². The molecule has 2 N–H and O–H groups in total. The largest absolute Gasteiger partial charge is 0.483 e. The van der Waals surface area contributed by atoms with E-state index in [0.29, 0.717) is 22.7 Å². The molecule has 4 aromatic rings. The van der Waals surface area contributed by atoms with Gasteiger partial charge >= 0.3 is 0 Å². The highest BCUT2D eigenvalue weighted by atomic mass is 32.2. The molecule has 37 heavy (non-hydrogen) atoms. The van der Waals surface area contributed by atoms with Crippen molar-refractivity contribution in [2.75, 3.05) is 17.7 Å². The molecule has 4 rings (SSSR count). The zero-order chi connectivity index (χ0) is 26.2. The number of hydrogen-bond acceptors (Lipinski definition) is 8. The smallest absolute Gasteiger partial charge is 0.258 e. The van der Waals surface area contributed by atoms with Crippen LogP contribution in [0.2, 0.25) is 0 Å². The van der Waals surface area contributed by atoms with Crippen LogP contribution in [0.25, 0.3) is 11.3 Å². The summed E-state index contributed by atoms with van der Waals surface area (Å²) in [5, 5.41) is 17.1. The number of para-hydroxylation sites is 1. The lowest BCUT2D eigenvalue weighted by Gasteiger charge is -2.12. The lowest BCUT2D eigenvalue weighted by atomic mass is 10.1. The van der Waals surface area contributed by atoms with Gasteiger partial charge in [0.05, 0.1) is 18.0 Å². The summed E-state index contributed by atoms with van der Waals surface area (Å²) in [6.07, 6.45) is 0. The molecule has 0 bridgehead atoms. The third-order valence-corrected chi connectivity index (χ3v) is 7.19. The summed E-state index contributed by atoms with van der Waals surface area (Å²) in [5.74, 6) is 1.07. The molecule has 2 heterocycles. The number of thioether (sulfide) groups is 1. The lowest BCUT2D eigenvalue weighted by Crippen LogP contribution is -2.29. The summed E-state index contributed by atoms with van der Waals surface area (Å²) in [4.78, 5) is 29.3. The Balaban J connectivity index is 1.26. The topological polar surface area (TPSA) is 111 Å². The van der Waals surface area contributed by atoms with Gasteiger partial charge in [-0.3, -0.25) is 9.59 Å². The summed E-state index contributed by atoms with van der Waals surface area (Å²) in [6, 6.07) is 15.7. The van der Waals surface area contributed by atoms with Crippen molar-refractivity contribution >= 4 is 40.0 Å². The molecule has 0 aliphatic heterocycles. The van der Waals surface area contributed by atoms with Crippen molar-refractivity contribution in [3.63, 3.8) is 0 Å². The Bertz CT molecular complexity index is 1350. The number of carbonyl (C=O) groups is 2. The van der Waals surface area contributed by atoms with Gasteiger partial charge < -0.3 is 19.9 Å². The highest BCUT2D eigenvalue weighted by Crippen LogP contribution is 2.25. The molecule has 0 radical (unpaired) electrons. The van der Waals surface area contributed by atoms with Gasteiger partial charge in [-0.15, -0.1) is 21.5 Å². The van der Waals surface area contributed by atoms with Crippen molar-refractivity contribution in [1.82, 2.24) is 25.1 Å². The van der Waals surface area contributed by atoms with Crippen molar-refractivity contribution in [1.29, 1.82) is 0 Å². The first-order chi connectivity index (χ1) is 17.9. The number of rotatable bonds is 11. The molecule has 2 amide bonds. The van der Waals surface area contributed by atoms with Crippen molar-refractivity contribution in [3.8, 4) is 17.0 Å². The third-order valence-electron chi connectivity index (χ3n) is 5.46. The average Bonchev–Trinajstić information content (AvgIpc) is 3.53. The first-order valence-corrected chi connectivity index (χ1v) is 13.6. The van der Waals surface area contributed by atoms with Crippen molar-refractivity contribution in [2.45, 2.75) is 39.0 Å². The maximum absolute atomic E-state index is 12.5. The van der Waals surface area contributed by atoms with Gasteiger partial charge in [-0.2, -0.15) is 0 Å². The second kappa shape index (κ2) is 12.5. The van der Waals surface area contributed by atoms with Crippen molar-refractivity contribution in [3.05, 3.63) is 70.9 Å². The molecule has 11 heteroatoms. The van der Waals surface area contributed by atoms with Gasteiger partial charge in [-0.05, 0) is 31.9 Å². The first kappa shape index (κ1) is 26.4. The number of nitrogens with zero attached hydrogens (tertiary/aromatic N) is 4. The van der Waals surface area contributed by atoms with Crippen molar-refractivity contribution < 1.29 is 14.3 Å². The van der Waals surface area contributed by atoms with E-state index in [2.05, 4.69) is 25.8 Å². The van der Waals surface area contributed by atoms with Crippen LogP contribution in [0.5, 0.6) is 5.75 Å². The number of hydrogen-bond donors (Lipinski definition) is 2. The van der Waals surface area contributed by atoms with Crippen LogP contribution in [-0.2, 0) is 22.7 Å². The van der Waals surface area contributed by atoms with E-state index in [-0.39, 0.29) is 30.7 Å². The first-order valence-electron chi connectivity index (χ1n) is 11.8. The minimum atomic E-state index is -0.250. The van der Waals surface area contributed by atoms with E-state index < -0.39 is 0 Å². The zero-order valence-corrected chi connectivity index (χ0v) is 22.5. The Morgan fingerprint density at radius 2 is 1.78 bits per heavy atom. The minimum Gasteiger partial charge on any atom is -0.483 e. The van der Waals surface area contributed by atoms with Crippen LogP contribution < -0.4 is 15.4 Å². The Morgan fingerprint density at radius 3 is 2.51 bits per heavy atom. The van der Waals surface area contributed by atoms with Gasteiger partial charge in [-0.1, -0.05) is 60.3 Å². The monoisotopic (exact) mass is 536 g/mol. The fourth-order valence-electron chi connectivity index (χ4n) is 3.63. The molecule has 0 saturated carbocycles. The molecule has 0 atom stereocenters. The molecular weight excluding hydrogens is 508 g/mol. The fourth-order valence-corrected chi connectivity index (χ4v) is 5.18. The molecule has 0 fully saturated rings. The van der Waals surface area contributed by atoms with Gasteiger partial charge in [0.15, 0.2) is 22.7 Å². The fraction of sp³-hybridized carbons (Fsp3) is 0.269. The number of ether oxygens (including phenoxy) is 1. The zero-order valence-electron chi connectivity index (χ0n) is 20.9. The molecule has 192 valence electrons. The van der Waals surface area contributed by atoms with E-state index in [9.17, 15) is 9.59 Å².